The van der Waals surface area contributed by atoms with Gasteiger partial charge in [-0.15, -0.1) is 0 Å². The SMILES string of the molecule is Nc1ccc(OCC(=O)NCC(=O)NC2CC2)cc1. The van der Waals surface area contributed by atoms with E-state index < -0.39 is 0 Å². The summed E-state index contributed by atoms with van der Waals surface area (Å²) in [5.41, 5.74) is 6.16. The fraction of sp³-hybridized carbons (Fsp3) is 0.385. The number of ether oxygens (including phenoxy) is 1. The number of nitrogen functional groups attached to an aromatic ring is 1. The van der Waals surface area contributed by atoms with E-state index in [2.05, 4.69) is 10.6 Å². The van der Waals surface area contributed by atoms with Crippen molar-refractivity contribution in [1.82, 2.24) is 10.6 Å². The summed E-state index contributed by atoms with van der Waals surface area (Å²) in [6, 6.07) is 7.05. The van der Waals surface area contributed by atoms with Crippen LogP contribution in [-0.4, -0.2) is 31.0 Å². The van der Waals surface area contributed by atoms with Crippen LogP contribution in [0.1, 0.15) is 12.8 Å². The van der Waals surface area contributed by atoms with E-state index in [0.29, 0.717) is 17.5 Å². The highest BCUT2D eigenvalue weighted by Crippen LogP contribution is 2.18. The van der Waals surface area contributed by atoms with Crippen molar-refractivity contribution in [3.63, 3.8) is 0 Å². The molecule has 19 heavy (non-hydrogen) atoms. The Labute approximate surface area is 111 Å². The summed E-state index contributed by atoms with van der Waals surface area (Å²) in [4.78, 5) is 22.8. The lowest BCUT2D eigenvalue weighted by molar-refractivity contribution is -0.127. The number of nitrogens with two attached hydrogens (primary N) is 1. The molecular weight excluding hydrogens is 246 g/mol. The molecule has 4 N–H and O–H groups in total. The van der Waals surface area contributed by atoms with Gasteiger partial charge in [-0.2, -0.15) is 0 Å². The van der Waals surface area contributed by atoms with Crippen LogP contribution in [0, 0.1) is 0 Å². The highest BCUT2D eigenvalue weighted by atomic mass is 16.5. The molecule has 6 heteroatoms. The molecule has 6 nitrogen and oxygen atoms in total. The average molecular weight is 263 g/mol. The predicted molar refractivity (Wildman–Crippen MR) is 70.5 cm³/mol. The number of benzene rings is 1. The predicted octanol–water partition coefficient (Wildman–Crippen LogP) is 0.0424. The van der Waals surface area contributed by atoms with Crippen molar-refractivity contribution in [3.05, 3.63) is 24.3 Å². The number of anilines is 1. The maximum Gasteiger partial charge on any atom is 0.258 e. The van der Waals surface area contributed by atoms with Gasteiger partial charge in [0, 0.05) is 11.7 Å². The number of nitrogens with one attached hydrogen (secondary N) is 2. The lowest BCUT2D eigenvalue weighted by Crippen LogP contribution is -2.39. The number of carbonyl (C=O) groups excluding carboxylic acids is 2. The first-order valence-corrected chi connectivity index (χ1v) is 6.18. The zero-order valence-corrected chi connectivity index (χ0v) is 10.5. The molecule has 0 spiro atoms. The van der Waals surface area contributed by atoms with Crippen LogP contribution in [0.15, 0.2) is 24.3 Å². The van der Waals surface area contributed by atoms with Crippen LogP contribution >= 0.6 is 0 Å². The van der Waals surface area contributed by atoms with Crippen molar-refractivity contribution in [3.8, 4) is 5.75 Å². The first-order valence-electron chi connectivity index (χ1n) is 6.18. The second-order valence-electron chi connectivity index (χ2n) is 4.48. The molecule has 1 aliphatic carbocycles. The third-order valence-corrected chi connectivity index (χ3v) is 2.64. The van der Waals surface area contributed by atoms with E-state index in [1.807, 2.05) is 0 Å². The Morgan fingerprint density at radius 2 is 1.89 bits per heavy atom. The Morgan fingerprint density at radius 3 is 2.53 bits per heavy atom. The van der Waals surface area contributed by atoms with E-state index in [0.717, 1.165) is 12.8 Å². The molecule has 2 rings (SSSR count). The van der Waals surface area contributed by atoms with Gasteiger partial charge in [0.25, 0.3) is 5.91 Å². The molecule has 0 bridgehead atoms. The minimum atomic E-state index is -0.331. The standard InChI is InChI=1S/C13H17N3O3/c14-9-1-5-11(6-2-9)19-8-13(18)15-7-12(17)16-10-3-4-10/h1-2,5-6,10H,3-4,7-8,14H2,(H,15,18)(H,16,17). The number of rotatable bonds is 6. The largest absolute Gasteiger partial charge is 0.484 e. The Hall–Kier alpha value is -2.24. The normalized spacial score (nSPS) is 13.7. The molecule has 1 fully saturated rings. The summed E-state index contributed by atoms with van der Waals surface area (Å²) >= 11 is 0. The van der Waals surface area contributed by atoms with Gasteiger partial charge in [0.05, 0.1) is 6.54 Å². The van der Waals surface area contributed by atoms with Crippen LogP contribution < -0.4 is 21.1 Å². The zero-order valence-electron chi connectivity index (χ0n) is 10.5. The molecule has 1 saturated carbocycles. The molecule has 0 aliphatic heterocycles. The van der Waals surface area contributed by atoms with E-state index in [1.54, 1.807) is 24.3 Å². The van der Waals surface area contributed by atoms with Crippen molar-refractivity contribution in [2.75, 3.05) is 18.9 Å². The molecule has 102 valence electrons. The van der Waals surface area contributed by atoms with Crippen LogP contribution in [0.2, 0.25) is 0 Å². The van der Waals surface area contributed by atoms with Crippen LogP contribution in [0.3, 0.4) is 0 Å². The van der Waals surface area contributed by atoms with Crippen molar-refractivity contribution in [2.45, 2.75) is 18.9 Å². The first kappa shape index (κ1) is 13.2. The van der Waals surface area contributed by atoms with E-state index >= 15 is 0 Å². The highest BCUT2D eigenvalue weighted by molar-refractivity contribution is 5.85. The topological polar surface area (TPSA) is 93.4 Å². The molecule has 1 aliphatic rings. The zero-order chi connectivity index (χ0) is 13.7. The van der Waals surface area contributed by atoms with Crippen molar-refractivity contribution >= 4 is 17.5 Å². The first-order chi connectivity index (χ1) is 9.13. The van der Waals surface area contributed by atoms with Gasteiger partial charge in [-0.05, 0) is 37.1 Å². The van der Waals surface area contributed by atoms with Gasteiger partial charge < -0.3 is 21.1 Å². The maximum absolute atomic E-state index is 11.4. The molecule has 0 radical (unpaired) electrons. The minimum Gasteiger partial charge on any atom is -0.484 e. The highest BCUT2D eigenvalue weighted by Gasteiger charge is 2.23. The molecule has 2 amide bonds. The Kier molecular flexibility index (Phi) is 4.22. The molecule has 1 aromatic rings. The van der Waals surface area contributed by atoms with E-state index in [1.165, 1.54) is 0 Å². The monoisotopic (exact) mass is 263 g/mol. The number of hydrogen-bond donors (Lipinski definition) is 3. The molecule has 0 aromatic heterocycles. The van der Waals surface area contributed by atoms with Gasteiger partial charge in [0.1, 0.15) is 5.75 Å². The second kappa shape index (κ2) is 6.08. The van der Waals surface area contributed by atoms with Crippen LogP contribution in [0.5, 0.6) is 5.75 Å². The van der Waals surface area contributed by atoms with Gasteiger partial charge in [-0.25, -0.2) is 0 Å². The average Bonchev–Trinajstić information content (AvgIpc) is 3.19. The molecule has 0 saturated heterocycles. The summed E-state index contributed by atoms with van der Waals surface area (Å²) in [5.74, 6) is 0.0675. The molecular formula is C13H17N3O3. The Bertz CT molecular complexity index is 455. The summed E-state index contributed by atoms with van der Waals surface area (Å²) in [6.07, 6.45) is 2.06. The van der Waals surface area contributed by atoms with Gasteiger partial charge in [-0.1, -0.05) is 0 Å². The minimum absolute atomic E-state index is 0.0135. The third-order valence-electron chi connectivity index (χ3n) is 2.64. The van der Waals surface area contributed by atoms with E-state index in [-0.39, 0.29) is 25.0 Å². The van der Waals surface area contributed by atoms with Crippen LogP contribution in [0.25, 0.3) is 0 Å². The molecule has 0 atom stereocenters. The molecule has 0 heterocycles. The summed E-state index contributed by atoms with van der Waals surface area (Å²) in [6.45, 7) is -0.138. The smallest absolute Gasteiger partial charge is 0.258 e. The van der Waals surface area contributed by atoms with E-state index in [4.69, 9.17) is 10.5 Å². The van der Waals surface area contributed by atoms with E-state index in [9.17, 15) is 9.59 Å². The number of hydrogen-bond acceptors (Lipinski definition) is 4. The molecule has 1 aromatic carbocycles. The van der Waals surface area contributed by atoms with Crippen LogP contribution in [0.4, 0.5) is 5.69 Å². The Balaban J connectivity index is 1.63. The lowest BCUT2D eigenvalue weighted by Gasteiger charge is -2.08. The van der Waals surface area contributed by atoms with Crippen molar-refractivity contribution in [1.29, 1.82) is 0 Å². The maximum atomic E-state index is 11.4. The summed E-state index contributed by atoms with van der Waals surface area (Å²) in [7, 11) is 0. The van der Waals surface area contributed by atoms with Crippen molar-refractivity contribution < 1.29 is 14.3 Å². The summed E-state index contributed by atoms with van der Waals surface area (Å²) in [5, 5.41) is 5.28. The van der Waals surface area contributed by atoms with Gasteiger partial charge in [0.2, 0.25) is 5.91 Å². The second-order valence-corrected chi connectivity index (χ2v) is 4.48. The van der Waals surface area contributed by atoms with Gasteiger partial charge >= 0.3 is 0 Å². The van der Waals surface area contributed by atoms with Crippen LogP contribution in [-0.2, 0) is 9.59 Å². The third kappa shape index (κ3) is 4.87. The fourth-order valence-corrected chi connectivity index (χ4v) is 1.45. The van der Waals surface area contributed by atoms with Gasteiger partial charge in [0.15, 0.2) is 6.61 Å². The fourth-order valence-electron chi connectivity index (χ4n) is 1.45. The Morgan fingerprint density at radius 1 is 1.21 bits per heavy atom. The quantitative estimate of drug-likeness (QED) is 0.632. The summed E-state index contributed by atoms with van der Waals surface area (Å²) < 4.78 is 5.25. The van der Waals surface area contributed by atoms with Crippen molar-refractivity contribution in [2.24, 2.45) is 0 Å². The van der Waals surface area contributed by atoms with Gasteiger partial charge in [-0.3, -0.25) is 9.59 Å². The number of amides is 2. The molecule has 0 unspecified atom stereocenters. The lowest BCUT2D eigenvalue weighted by atomic mass is 10.3. The number of carbonyl (C=O) groups is 2.